The van der Waals surface area contributed by atoms with Gasteiger partial charge >= 0.3 is 0 Å². The molecule has 2 atom stereocenters. The maximum absolute atomic E-state index is 13.4. The summed E-state index contributed by atoms with van der Waals surface area (Å²) in [5.41, 5.74) is 3.12. The number of piperidine rings is 2. The molecule has 4 aliphatic heterocycles. The zero-order chi connectivity index (χ0) is 48.1. The van der Waals surface area contributed by atoms with Crippen LogP contribution in [-0.2, 0) is 35.3 Å². The second kappa shape index (κ2) is 21.1. The zero-order valence-electron chi connectivity index (χ0n) is 39.2. The Labute approximate surface area is 395 Å². The van der Waals surface area contributed by atoms with E-state index in [-0.39, 0.29) is 86.7 Å². The number of methoxy groups -OCH3 is 1. The molecule has 3 fully saturated rings. The minimum atomic E-state index is -0.778. The molecule has 2 saturated heterocycles. The number of imide groups is 1. The highest BCUT2D eigenvalue weighted by Crippen LogP contribution is 2.40. The summed E-state index contributed by atoms with van der Waals surface area (Å²) >= 11 is 0. The second-order valence-electron chi connectivity index (χ2n) is 18.0. The van der Waals surface area contributed by atoms with Gasteiger partial charge in [-0.1, -0.05) is 25.8 Å². The standard InChI is InChI=1S/C48H61N11O9/c1-5-37-47(66)55(3)39-26-49-48(54-43(39)59(37)32-9-6-7-10-32)52-36-14-13-30(25-40(36)67-4)44(63)50-31-17-19-56(20-18-31)21-23-68-24-22-57(29(2)60)28-42(62)51-35-12-8-11-33-34(35)27-58(46(33)65)38-15-16-41(61)53-45(38)64/h8,11-14,25-26,31-32,37-38H,5-7,9-10,15-24,27-28H2,1-4H3,(H,50,63)(H,51,62)(H,49,52,54)(H,53,61,64)/t37-,38?/m1/s1. The normalized spacial score (nSPS) is 20.0. The van der Waals surface area contributed by atoms with Gasteiger partial charge in [-0.2, -0.15) is 4.98 Å². The first-order chi connectivity index (χ1) is 32.8. The summed E-state index contributed by atoms with van der Waals surface area (Å²) < 4.78 is 11.6. The Morgan fingerprint density at radius 3 is 2.47 bits per heavy atom. The van der Waals surface area contributed by atoms with Crippen molar-refractivity contribution >= 4 is 70.2 Å². The van der Waals surface area contributed by atoms with Crippen LogP contribution >= 0.6 is 0 Å². The van der Waals surface area contributed by atoms with Gasteiger partial charge in [0, 0.05) is 87.6 Å². The third-order valence-electron chi connectivity index (χ3n) is 13.7. The van der Waals surface area contributed by atoms with Crippen molar-refractivity contribution in [3.8, 4) is 5.75 Å². The lowest BCUT2D eigenvalue weighted by molar-refractivity contribution is -0.137. The fourth-order valence-corrected chi connectivity index (χ4v) is 9.95. The number of aromatic nitrogens is 2. The maximum atomic E-state index is 13.4. The minimum Gasteiger partial charge on any atom is -0.495 e. The third-order valence-corrected chi connectivity index (χ3v) is 13.7. The Bertz CT molecular complexity index is 2440. The second-order valence-corrected chi connectivity index (χ2v) is 18.0. The van der Waals surface area contributed by atoms with Crippen LogP contribution in [0, 0.1) is 0 Å². The van der Waals surface area contributed by atoms with E-state index in [0.717, 1.165) is 57.4 Å². The highest BCUT2D eigenvalue weighted by atomic mass is 16.5. The van der Waals surface area contributed by atoms with E-state index in [1.807, 2.05) is 6.92 Å². The van der Waals surface area contributed by atoms with Gasteiger partial charge in [0.15, 0.2) is 5.82 Å². The summed E-state index contributed by atoms with van der Waals surface area (Å²) in [4.78, 5) is 108. The number of benzene rings is 2. The summed E-state index contributed by atoms with van der Waals surface area (Å²) in [6.07, 6.45) is 8.55. The lowest BCUT2D eigenvalue weighted by Gasteiger charge is -2.43. The van der Waals surface area contributed by atoms with Crippen molar-refractivity contribution < 1.29 is 43.0 Å². The van der Waals surface area contributed by atoms with Gasteiger partial charge in [-0.15, -0.1) is 0 Å². The molecule has 20 nitrogen and oxygen atoms in total. The fraction of sp³-hybridized carbons (Fsp3) is 0.521. The van der Waals surface area contributed by atoms with Crippen LogP contribution in [0.3, 0.4) is 0 Å². The molecule has 7 amide bonds. The molecular formula is C48H61N11O9. The average Bonchev–Trinajstić information content (AvgIpc) is 3.98. The van der Waals surface area contributed by atoms with E-state index in [2.05, 4.69) is 36.1 Å². The van der Waals surface area contributed by atoms with Gasteiger partial charge in [0.05, 0.1) is 38.8 Å². The van der Waals surface area contributed by atoms with Crippen LogP contribution in [0.5, 0.6) is 5.75 Å². The molecule has 0 radical (unpaired) electrons. The van der Waals surface area contributed by atoms with Crippen molar-refractivity contribution in [3.05, 3.63) is 59.3 Å². The lowest BCUT2D eigenvalue weighted by Crippen LogP contribution is -2.55. The quantitative estimate of drug-likeness (QED) is 0.113. The van der Waals surface area contributed by atoms with Crippen molar-refractivity contribution in [2.24, 2.45) is 0 Å². The molecule has 5 aliphatic rings. The Hall–Kier alpha value is -6.67. The Morgan fingerprint density at radius 1 is 0.971 bits per heavy atom. The van der Waals surface area contributed by atoms with Gasteiger partial charge in [-0.25, -0.2) is 4.98 Å². The SMILES string of the molecule is CC[C@@H]1C(=O)N(C)c2cnc(Nc3ccc(C(=O)NC4CCN(CCOCCN(CC(=O)Nc5cccc6c5CN(C5CCC(=O)NC5=O)C6=O)C(C)=O)CC4)cc3OC)nc2N1C1CCCC1. The average molecular weight is 936 g/mol. The summed E-state index contributed by atoms with van der Waals surface area (Å²) in [6, 6.07) is 9.36. The first-order valence-electron chi connectivity index (χ1n) is 23.6. The van der Waals surface area contributed by atoms with Crippen LogP contribution < -0.4 is 35.8 Å². The van der Waals surface area contributed by atoms with Crippen LogP contribution in [-0.4, -0.2) is 150 Å². The molecule has 4 N–H and O–H groups in total. The van der Waals surface area contributed by atoms with Gasteiger partial charge in [-0.3, -0.25) is 38.9 Å². The number of nitrogens with zero attached hydrogens (tertiary/aromatic N) is 7. The van der Waals surface area contributed by atoms with Gasteiger partial charge in [-0.05, 0) is 68.9 Å². The number of hydrogen-bond acceptors (Lipinski definition) is 14. The fourth-order valence-electron chi connectivity index (χ4n) is 9.95. The molecule has 20 heteroatoms. The van der Waals surface area contributed by atoms with Crippen LogP contribution in [0.25, 0.3) is 0 Å². The molecule has 0 bridgehead atoms. The molecule has 2 aromatic carbocycles. The predicted molar refractivity (Wildman–Crippen MR) is 252 cm³/mol. The smallest absolute Gasteiger partial charge is 0.255 e. The molecule has 362 valence electrons. The van der Waals surface area contributed by atoms with E-state index in [4.69, 9.17) is 14.5 Å². The van der Waals surface area contributed by atoms with E-state index < -0.39 is 17.9 Å². The zero-order valence-corrected chi connectivity index (χ0v) is 39.2. The van der Waals surface area contributed by atoms with Gasteiger partial charge in [0.1, 0.15) is 23.5 Å². The lowest BCUT2D eigenvalue weighted by atomic mass is 10.0. The number of carbonyl (C=O) groups is 7. The van der Waals surface area contributed by atoms with Crippen LogP contribution in [0.1, 0.15) is 97.9 Å². The van der Waals surface area contributed by atoms with Crippen molar-refractivity contribution in [3.63, 3.8) is 0 Å². The molecule has 0 spiro atoms. The molecule has 1 unspecified atom stereocenters. The number of ether oxygens (including phenoxy) is 2. The number of anilines is 5. The third kappa shape index (κ3) is 10.4. The molecule has 5 heterocycles. The molecule has 1 saturated carbocycles. The van der Waals surface area contributed by atoms with Crippen molar-refractivity contribution in [2.75, 3.05) is 80.5 Å². The van der Waals surface area contributed by atoms with E-state index in [0.29, 0.717) is 65.0 Å². The number of rotatable bonds is 17. The molecule has 3 aromatic rings. The largest absolute Gasteiger partial charge is 0.495 e. The summed E-state index contributed by atoms with van der Waals surface area (Å²) in [5.74, 6) is -0.534. The van der Waals surface area contributed by atoms with E-state index in [9.17, 15) is 33.6 Å². The first-order valence-corrected chi connectivity index (χ1v) is 23.6. The molecule has 1 aliphatic carbocycles. The van der Waals surface area contributed by atoms with Gasteiger partial charge in [0.25, 0.3) is 11.8 Å². The predicted octanol–water partition coefficient (Wildman–Crippen LogP) is 3.19. The Balaban J connectivity index is 0.762. The Kier molecular flexibility index (Phi) is 14.8. The van der Waals surface area contributed by atoms with Crippen molar-refractivity contribution in [1.29, 1.82) is 0 Å². The summed E-state index contributed by atoms with van der Waals surface area (Å²) in [5, 5.41) is 11.6. The number of hydrogen-bond donors (Lipinski definition) is 4. The van der Waals surface area contributed by atoms with Crippen LogP contribution in [0.2, 0.25) is 0 Å². The monoisotopic (exact) mass is 935 g/mol. The van der Waals surface area contributed by atoms with Crippen molar-refractivity contribution in [1.82, 2.24) is 35.3 Å². The van der Waals surface area contributed by atoms with E-state index >= 15 is 0 Å². The van der Waals surface area contributed by atoms with Crippen LogP contribution in [0.15, 0.2) is 42.6 Å². The number of amides is 7. The molecule has 8 rings (SSSR count). The topological polar surface area (TPSA) is 228 Å². The number of carbonyl (C=O) groups excluding carboxylic acids is 7. The number of likely N-dealkylation sites (N-methyl/N-ethyl adjacent to an activating group) is 1. The highest BCUT2D eigenvalue weighted by Gasteiger charge is 2.42. The maximum Gasteiger partial charge on any atom is 0.255 e. The summed E-state index contributed by atoms with van der Waals surface area (Å²) in [7, 11) is 3.32. The number of fused-ring (bicyclic) bond motifs is 2. The summed E-state index contributed by atoms with van der Waals surface area (Å²) in [6.45, 7) is 6.37. The van der Waals surface area contributed by atoms with E-state index in [1.54, 1.807) is 61.7 Å². The minimum absolute atomic E-state index is 0.0101. The number of likely N-dealkylation sites (tertiary alicyclic amines) is 1. The Morgan fingerprint density at radius 2 is 1.75 bits per heavy atom. The van der Waals surface area contributed by atoms with E-state index in [1.165, 1.54) is 16.7 Å². The highest BCUT2D eigenvalue weighted by molar-refractivity contribution is 6.07. The van der Waals surface area contributed by atoms with Gasteiger partial charge < -0.3 is 49.9 Å². The first kappa shape index (κ1) is 47.8. The molecule has 68 heavy (non-hydrogen) atoms. The molecule has 1 aromatic heterocycles. The van der Waals surface area contributed by atoms with Gasteiger partial charge in [0.2, 0.25) is 35.5 Å². The molecular weight excluding hydrogens is 875 g/mol. The van der Waals surface area contributed by atoms with Crippen molar-refractivity contribution in [2.45, 2.75) is 102 Å². The van der Waals surface area contributed by atoms with Crippen LogP contribution in [0.4, 0.5) is 28.8 Å². The number of nitrogens with one attached hydrogen (secondary N) is 4.